The van der Waals surface area contributed by atoms with Gasteiger partial charge in [0.2, 0.25) is 12.8 Å². The Labute approximate surface area is 113 Å². The number of hydrogen-bond acceptors (Lipinski definition) is 2. The lowest BCUT2D eigenvalue weighted by atomic mass is 9.66. The first-order valence-corrected chi connectivity index (χ1v) is 7.52. The molecule has 4 heteroatoms. The van der Waals surface area contributed by atoms with Gasteiger partial charge in [-0.25, -0.2) is 0 Å². The fraction of sp³-hybridized carbons (Fsp3) is 0.929. The summed E-state index contributed by atoms with van der Waals surface area (Å²) in [5.74, 6) is 0.244. The Hall–Kier alpha value is -0.505. The van der Waals surface area contributed by atoms with E-state index in [1.807, 2.05) is 18.7 Å². The highest BCUT2D eigenvalue weighted by Crippen LogP contribution is 2.40. The van der Waals surface area contributed by atoms with E-state index in [4.69, 9.17) is 0 Å². The minimum absolute atomic E-state index is 0.244. The Balaban J connectivity index is 0.000000771. The van der Waals surface area contributed by atoms with Crippen LogP contribution in [-0.4, -0.2) is 48.6 Å². The van der Waals surface area contributed by atoms with Gasteiger partial charge in [0.15, 0.2) is 0 Å². The SMILES string of the molecule is CB(C)N1CCC2(CCN(C(C)=O)CC2)C1.CC. The van der Waals surface area contributed by atoms with Gasteiger partial charge >= 0.3 is 0 Å². The average molecular weight is 252 g/mol. The zero-order chi connectivity index (χ0) is 13.8. The van der Waals surface area contributed by atoms with Gasteiger partial charge in [-0.3, -0.25) is 4.79 Å². The van der Waals surface area contributed by atoms with Crippen LogP contribution in [-0.2, 0) is 4.79 Å². The van der Waals surface area contributed by atoms with Gasteiger partial charge in [-0.15, -0.1) is 0 Å². The number of carbonyl (C=O) groups is 1. The fourth-order valence-electron chi connectivity index (χ4n) is 3.11. The minimum Gasteiger partial charge on any atom is -0.343 e. The Morgan fingerprint density at radius 3 is 1.94 bits per heavy atom. The van der Waals surface area contributed by atoms with Crippen LogP contribution in [0, 0.1) is 5.41 Å². The summed E-state index contributed by atoms with van der Waals surface area (Å²) in [4.78, 5) is 15.9. The quantitative estimate of drug-likeness (QED) is 0.670. The molecule has 104 valence electrons. The van der Waals surface area contributed by atoms with E-state index in [0.29, 0.717) is 12.3 Å². The van der Waals surface area contributed by atoms with Crippen LogP contribution in [0.2, 0.25) is 13.6 Å². The number of hydrogen-bond donors (Lipinski definition) is 0. The molecule has 0 atom stereocenters. The monoisotopic (exact) mass is 252 g/mol. The molecule has 0 bridgehead atoms. The fourth-order valence-corrected chi connectivity index (χ4v) is 3.11. The van der Waals surface area contributed by atoms with E-state index in [-0.39, 0.29) is 5.91 Å². The minimum atomic E-state index is 0.244. The second kappa shape index (κ2) is 6.60. The number of amides is 1. The molecule has 2 aliphatic heterocycles. The molecule has 0 saturated carbocycles. The third-order valence-corrected chi connectivity index (χ3v) is 4.47. The van der Waals surface area contributed by atoms with Crippen molar-refractivity contribution in [2.24, 2.45) is 5.41 Å². The summed E-state index contributed by atoms with van der Waals surface area (Å²) in [5, 5.41) is 0. The third-order valence-electron chi connectivity index (χ3n) is 4.47. The lowest BCUT2D eigenvalue weighted by molar-refractivity contribution is -0.131. The predicted molar refractivity (Wildman–Crippen MR) is 78.9 cm³/mol. The highest BCUT2D eigenvalue weighted by Gasteiger charge is 2.41. The molecule has 2 rings (SSSR count). The molecular formula is C14H29BN2O. The predicted octanol–water partition coefficient (Wildman–Crippen LogP) is 2.60. The van der Waals surface area contributed by atoms with E-state index in [2.05, 4.69) is 18.5 Å². The molecule has 0 unspecified atom stereocenters. The molecular weight excluding hydrogens is 223 g/mol. The third kappa shape index (κ3) is 3.50. The van der Waals surface area contributed by atoms with E-state index in [1.54, 1.807) is 6.92 Å². The van der Waals surface area contributed by atoms with Gasteiger partial charge < -0.3 is 9.71 Å². The first-order chi connectivity index (χ1) is 8.52. The van der Waals surface area contributed by atoms with Crippen LogP contribution in [0.25, 0.3) is 0 Å². The molecule has 2 aliphatic rings. The number of piperidine rings is 1. The number of rotatable bonds is 1. The van der Waals surface area contributed by atoms with Crippen LogP contribution in [0.1, 0.15) is 40.0 Å². The molecule has 2 saturated heterocycles. The lowest BCUT2D eigenvalue weighted by Crippen LogP contribution is -2.44. The first kappa shape index (κ1) is 15.6. The molecule has 2 heterocycles. The highest BCUT2D eigenvalue weighted by molar-refractivity contribution is 6.52. The van der Waals surface area contributed by atoms with Gasteiger partial charge in [0.05, 0.1) is 0 Å². The molecule has 3 nitrogen and oxygen atoms in total. The van der Waals surface area contributed by atoms with E-state index >= 15 is 0 Å². The molecule has 2 fully saturated rings. The standard InChI is InChI=1S/C12H23BN2O.C2H6/c1-11(16)14-7-4-12(5-8-14)6-9-15(10-12)13(2)3;1-2/h4-10H2,1-3H3;1-2H3. The van der Waals surface area contributed by atoms with Crippen LogP contribution < -0.4 is 0 Å². The van der Waals surface area contributed by atoms with E-state index in [0.717, 1.165) is 13.1 Å². The maximum absolute atomic E-state index is 11.3. The Morgan fingerprint density at radius 2 is 1.56 bits per heavy atom. The molecule has 0 aromatic carbocycles. The van der Waals surface area contributed by atoms with Crippen molar-refractivity contribution in [3.8, 4) is 0 Å². The first-order valence-electron chi connectivity index (χ1n) is 7.52. The Morgan fingerprint density at radius 1 is 1.06 bits per heavy atom. The van der Waals surface area contributed by atoms with Crippen molar-refractivity contribution < 1.29 is 4.79 Å². The van der Waals surface area contributed by atoms with Crippen molar-refractivity contribution in [3.05, 3.63) is 0 Å². The summed E-state index contributed by atoms with van der Waals surface area (Å²) in [6.07, 6.45) is 3.74. The molecule has 0 aliphatic carbocycles. The molecule has 0 aromatic heterocycles. The van der Waals surface area contributed by atoms with Crippen molar-refractivity contribution in [1.29, 1.82) is 0 Å². The zero-order valence-corrected chi connectivity index (χ0v) is 12.8. The van der Waals surface area contributed by atoms with Crippen molar-refractivity contribution in [2.45, 2.75) is 53.7 Å². The molecule has 1 amide bonds. The molecule has 0 aromatic rings. The van der Waals surface area contributed by atoms with Crippen molar-refractivity contribution in [1.82, 2.24) is 9.71 Å². The maximum atomic E-state index is 11.3. The normalized spacial score (nSPS) is 22.6. The van der Waals surface area contributed by atoms with Crippen LogP contribution in [0.5, 0.6) is 0 Å². The summed E-state index contributed by atoms with van der Waals surface area (Å²) in [7, 11) is 0. The summed E-state index contributed by atoms with van der Waals surface area (Å²) in [6.45, 7) is 15.4. The largest absolute Gasteiger partial charge is 0.343 e. The van der Waals surface area contributed by atoms with Gasteiger partial charge in [0.25, 0.3) is 0 Å². The lowest BCUT2D eigenvalue weighted by Gasteiger charge is -2.39. The summed E-state index contributed by atoms with van der Waals surface area (Å²) in [5.41, 5.74) is 0.524. The second-order valence-corrected chi connectivity index (χ2v) is 5.82. The van der Waals surface area contributed by atoms with E-state index in [9.17, 15) is 4.79 Å². The smallest absolute Gasteiger partial charge is 0.219 e. The Bertz CT molecular complexity index is 273. The summed E-state index contributed by atoms with van der Waals surface area (Å²) >= 11 is 0. The van der Waals surface area contributed by atoms with Gasteiger partial charge in [-0.1, -0.05) is 27.5 Å². The molecule has 0 N–H and O–H groups in total. The van der Waals surface area contributed by atoms with E-state index < -0.39 is 0 Å². The topological polar surface area (TPSA) is 23.6 Å². The second-order valence-electron chi connectivity index (χ2n) is 5.82. The summed E-state index contributed by atoms with van der Waals surface area (Å²) < 4.78 is 0. The van der Waals surface area contributed by atoms with Crippen LogP contribution in [0.15, 0.2) is 0 Å². The van der Waals surface area contributed by atoms with Gasteiger partial charge in [0, 0.05) is 20.0 Å². The zero-order valence-electron chi connectivity index (χ0n) is 12.8. The molecule has 18 heavy (non-hydrogen) atoms. The van der Waals surface area contributed by atoms with Gasteiger partial charge in [-0.2, -0.15) is 0 Å². The summed E-state index contributed by atoms with van der Waals surface area (Å²) in [6, 6.07) is 0. The van der Waals surface area contributed by atoms with Crippen LogP contribution in [0.3, 0.4) is 0 Å². The van der Waals surface area contributed by atoms with E-state index in [1.165, 1.54) is 32.4 Å². The highest BCUT2D eigenvalue weighted by atomic mass is 16.2. The van der Waals surface area contributed by atoms with Crippen LogP contribution >= 0.6 is 0 Å². The molecule has 0 radical (unpaired) electrons. The molecule has 1 spiro atoms. The van der Waals surface area contributed by atoms with Crippen LogP contribution in [0.4, 0.5) is 0 Å². The Kier molecular flexibility index (Phi) is 5.70. The van der Waals surface area contributed by atoms with Crippen molar-refractivity contribution in [2.75, 3.05) is 26.2 Å². The maximum Gasteiger partial charge on any atom is 0.219 e. The number of carbonyl (C=O) groups excluding carboxylic acids is 1. The number of nitrogens with zero attached hydrogens (tertiary/aromatic N) is 2. The van der Waals surface area contributed by atoms with Crippen molar-refractivity contribution >= 4 is 12.8 Å². The number of likely N-dealkylation sites (tertiary alicyclic amines) is 1. The van der Waals surface area contributed by atoms with Gasteiger partial charge in [-0.05, 0) is 37.8 Å². The van der Waals surface area contributed by atoms with Gasteiger partial charge in [0.1, 0.15) is 0 Å². The average Bonchev–Trinajstić information content (AvgIpc) is 2.77. The van der Waals surface area contributed by atoms with Crippen molar-refractivity contribution in [3.63, 3.8) is 0 Å².